The van der Waals surface area contributed by atoms with E-state index in [-0.39, 0.29) is 23.7 Å². The van der Waals surface area contributed by atoms with Crippen LogP contribution in [0.3, 0.4) is 0 Å². The standard InChI is InChI=1S/C32H33FN4O2/c1-2-23-11-13-27(14-12-23)39-21-30(24-7-4-3-5-8-24)37-17-15-25(16-18-37)31-28(33)9-6-10-29(31)36-32(38)26-19-34-22-35-20-26/h3-14,19-20,22,25,30H,2,15-18,21H2,1H3,(H,36,38). The molecule has 7 heteroatoms. The number of benzene rings is 3. The minimum atomic E-state index is -0.354. The summed E-state index contributed by atoms with van der Waals surface area (Å²) in [5.41, 5.74) is 3.87. The molecular formula is C32H33FN4O2. The molecule has 1 unspecified atom stereocenters. The number of nitrogens with one attached hydrogen (secondary N) is 1. The molecule has 1 N–H and O–H groups in total. The molecular weight excluding hydrogens is 491 g/mol. The predicted molar refractivity (Wildman–Crippen MR) is 150 cm³/mol. The van der Waals surface area contributed by atoms with Gasteiger partial charge in [-0.15, -0.1) is 0 Å². The molecule has 0 spiro atoms. The molecule has 1 aliphatic rings. The lowest BCUT2D eigenvalue weighted by atomic mass is 9.86. The number of amides is 1. The predicted octanol–water partition coefficient (Wildman–Crippen LogP) is 6.43. The number of nitrogens with zero attached hydrogens (tertiary/aromatic N) is 3. The first-order valence-electron chi connectivity index (χ1n) is 13.5. The van der Waals surface area contributed by atoms with Gasteiger partial charge in [0.05, 0.1) is 11.6 Å². The Labute approximate surface area is 228 Å². The number of likely N-dealkylation sites (tertiary alicyclic amines) is 1. The maximum absolute atomic E-state index is 15.2. The summed E-state index contributed by atoms with van der Waals surface area (Å²) >= 11 is 0. The molecule has 5 rings (SSSR count). The quantitative estimate of drug-likeness (QED) is 0.273. The number of ether oxygens (including phenoxy) is 1. The number of hydrogen-bond acceptors (Lipinski definition) is 5. The van der Waals surface area contributed by atoms with Crippen LogP contribution < -0.4 is 10.1 Å². The van der Waals surface area contributed by atoms with Gasteiger partial charge >= 0.3 is 0 Å². The average molecular weight is 525 g/mol. The first kappa shape index (κ1) is 26.5. The van der Waals surface area contributed by atoms with Crippen molar-refractivity contribution in [1.82, 2.24) is 14.9 Å². The molecule has 0 aliphatic carbocycles. The second-order valence-corrected chi connectivity index (χ2v) is 9.83. The fraction of sp³-hybridized carbons (Fsp3) is 0.281. The largest absolute Gasteiger partial charge is 0.492 e. The Kier molecular flexibility index (Phi) is 8.58. The highest BCUT2D eigenvalue weighted by atomic mass is 19.1. The maximum Gasteiger partial charge on any atom is 0.258 e. The smallest absolute Gasteiger partial charge is 0.258 e. The fourth-order valence-electron chi connectivity index (χ4n) is 5.26. The monoisotopic (exact) mass is 524 g/mol. The fourth-order valence-corrected chi connectivity index (χ4v) is 5.26. The van der Waals surface area contributed by atoms with Crippen molar-refractivity contribution in [2.75, 3.05) is 25.0 Å². The van der Waals surface area contributed by atoms with E-state index in [1.165, 1.54) is 35.9 Å². The zero-order valence-corrected chi connectivity index (χ0v) is 22.1. The number of hydrogen-bond donors (Lipinski definition) is 1. The lowest BCUT2D eigenvalue weighted by Crippen LogP contribution is -2.39. The van der Waals surface area contributed by atoms with Crippen molar-refractivity contribution in [3.8, 4) is 5.75 Å². The number of rotatable bonds is 9. The van der Waals surface area contributed by atoms with Crippen molar-refractivity contribution in [2.24, 2.45) is 0 Å². The molecule has 39 heavy (non-hydrogen) atoms. The first-order chi connectivity index (χ1) is 19.1. The summed E-state index contributed by atoms with van der Waals surface area (Å²) in [7, 11) is 0. The highest BCUT2D eigenvalue weighted by Crippen LogP contribution is 2.37. The van der Waals surface area contributed by atoms with Crippen LogP contribution in [0, 0.1) is 5.82 Å². The third-order valence-corrected chi connectivity index (χ3v) is 7.43. The Balaban J connectivity index is 1.29. The van der Waals surface area contributed by atoms with E-state index in [4.69, 9.17) is 4.74 Å². The van der Waals surface area contributed by atoms with Gasteiger partial charge in [-0.3, -0.25) is 9.69 Å². The SMILES string of the molecule is CCc1ccc(OCC(c2ccccc2)N2CCC(c3c(F)cccc3NC(=O)c3cncnc3)CC2)cc1. The molecule has 4 aromatic rings. The zero-order valence-electron chi connectivity index (χ0n) is 22.1. The van der Waals surface area contributed by atoms with E-state index in [1.807, 2.05) is 18.2 Å². The van der Waals surface area contributed by atoms with E-state index >= 15 is 4.39 Å². The van der Waals surface area contributed by atoms with Gasteiger partial charge in [0.2, 0.25) is 0 Å². The van der Waals surface area contributed by atoms with Crippen LogP contribution in [0.1, 0.15) is 58.8 Å². The average Bonchev–Trinajstić information content (AvgIpc) is 2.99. The molecule has 1 aliphatic heterocycles. The summed E-state index contributed by atoms with van der Waals surface area (Å²) in [5, 5.41) is 2.88. The van der Waals surface area contributed by atoms with Crippen molar-refractivity contribution in [3.05, 3.63) is 120 Å². The second-order valence-electron chi connectivity index (χ2n) is 9.83. The van der Waals surface area contributed by atoms with Gasteiger partial charge in [-0.25, -0.2) is 14.4 Å². The van der Waals surface area contributed by atoms with Crippen LogP contribution in [0.2, 0.25) is 0 Å². The van der Waals surface area contributed by atoms with Gasteiger partial charge in [0.1, 0.15) is 24.5 Å². The van der Waals surface area contributed by atoms with Gasteiger partial charge in [0.15, 0.2) is 0 Å². The molecule has 2 heterocycles. The normalized spacial score (nSPS) is 15.0. The second kappa shape index (κ2) is 12.6. The van der Waals surface area contributed by atoms with Crippen LogP contribution >= 0.6 is 0 Å². The molecule has 200 valence electrons. The lowest BCUT2D eigenvalue weighted by Gasteiger charge is -2.38. The zero-order chi connectivity index (χ0) is 27.0. The van der Waals surface area contributed by atoms with Crippen molar-refractivity contribution in [3.63, 3.8) is 0 Å². The van der Waals surface area contributed by atoms with Crippen molar-refractivity contribution >= 4 is 11.6 Å². The van der Waals surface area contributed by atoms with Crippen LogP contribution in [0.15, 0.2) is 91.5 Å². The number of halogens is 1. The van der Waals surface area contributed by atoms with Gasteiger partial charge in [0, 0.05) is 23.6 Å². The molecule has 1 fully saturated rings. The number of piperidine rings is 1. The molecule has 1 atom stereocenters. The van der Waals surface area contributed by atoms with Crippen molar-refractivity contribution < 1.29 is 13.9 Å². The summed E-state index contributed by atoms with van der Waals surface area (Å²) in [6.07, 6.45) is 6.80. The molecule has 1 amide bonds. The van der Waals surface area contributed by atoms with E-state index in [9.17, 15) is 4.79 Å². The Morgan fingerprint density at radius 1 is 1.00 bits per heavy atom. The van der Waals surface area contributed by atoms with Crippen LogP contribution in [0.4, 0.5) is 10.1 Å². The maximum atomic E-state index is 15.2. The van der Waals surface area contributed by atoms with Crippen LogP contribution in [0.5, 0.6) is 5.75 Å². The highest BCUT2D eigenvalue weighted by molar-refractivity contribution is 6.04. The molecule has 1 saturated heterocycles. The summed E-state index contributed by atoms with van der Waals surface area (Å²) < 4.78 is 21.4. The van der Waals surface area contributed by atoms with Crippen molar-refractivity contribution in [1.29, 1.82) is 0 Å². The summed E-state index contributed by atoms with van der Waals surface area (Å²) in [5.74, 6) is 0.199. The van der Waals surface area contributed by atoms with E-state index in [1.54, 1.807) is 12.1 Å². The van der Waals surface area contributed by atoms with E-state index in [2.05, 4.69) is 63.5 Å². The van der Waals surface area contributed by atoms with Crippen LogP contribution in [-0.4, -0.2) is 40.5 Å². The van der Waals surface area contributed by atoms with Gasteiger partial charge in [-0.1, -0.05) is 55.5 Å². The van der Waals surface area contributed by atoms with Crippen molar-refractivity contribution in [2.45, 2.75) is 38.1 Å². The van der Waals surface area contributed by atoms with Crippen LogP contribution in [0.25, 0.3) is 0 Å². The van der Waals surface area contributed by atoms with Crippen LogP contribution in [-0.2, 0) is 6.42 Å². The Hall–Kier alpha value is -4.10. The minimum absolute atomic E-state index is 0.0105. The molecule has 0 bridgehead atoms. The molecule has 0 radical (unpaired) electrons. The van der Waals surface area contributed by atoms with Gasteiger partial charge < -0.3 is 10.1 Å². The molecule has 0 saturated carbocycles. The first-order valence-corrected chi connectivity index (χ1v) is 13.5. The van der Waals surface area contributed by atoms with Gasteiger partial charge in [0.25, 0.3) is 5.91 Å². The Morgan fingerprint density at radius 3 is 2.41 bits per heavy atom. The number of aryl methyl sites for hydroxylation is 1. The molecule has 6 nitrogen and oxygen atoms in total. The third-order valence-electron chi connectivity index (χ3n) is 7.43. The molecule has 1 aromatic heterocycles. The van der Waals surface area contributed by atoms with E-state index in [0.29, 0.717) is 23.4 Å². The molecule has 3 aromatic carbocycles. The summed E-state index contributed by atoms with van der Waals surface area (Å²) in [6.45, 7) is 4.24. The van der Waals surface area contributed by atoms with E-state index < -0.39 is 0 Å². The minimum Gasteiger partial charge on any atom is -0.492 e. The topological polar surface area (TPSA) is 67.3 Å². The number of anilines is 1. The number of aromatic nitrogens is 2. The summed E-state index contributed by atoms with van der Waals surface area (Å²) in [6, 6.07) is 23.6. The Morgan fingerprint density at radius 2 is 1.72 bits per heavy atom. The number of carbonyl (C=O) groups is 1. The lowest BCUT2D eigenvalue weighted by molar-refractivity contribution is 0.102. The van der Waals surface area contributed by atoms with E-state index in [0.717, 1.165) is 38.1 Å². The highest BCUT2D eigenvalue weighted by Gasteiger charge is 2.30. The number of carbonyl (C=O) groups excluding carboxylic acids is 1. The van der Waals surface area contributed by atoms with Gasteiger partial charge in [-0.2, -0.15) is 0 Å². The summed E-state index contributed by atoms with van der Waals surface area (Å²) in [4.78, 5) is 23.0. The van der Waals surface area contributed by atoms with Gasteiger partial charge in [-0.05, 0) is 73.7 Å². The Bertz CT molecular complexity index is 1360. The third kappa shape index (κ3) is 6.49.